The van der Waals surface area contributed by atoms with Crippen molar-refractivity contribution >= 4 is 10.0 Å². The van der Waals surface area contributed by atoms with Gasteiger partial charge in [0.25, 0.3) is 0 Å². The molecule has 4 rings (SSSR count). The number of benzene rings is 3. The number of halogens is 1. The zero-order valence-corrected chi connectivity index (χ0v) is 19.5. The highest BCUT2D eigenvalue weighted by Crippen LogP contribution is 2.27. The Morgan fingerprint density at radius 3 is 2.09 bits per heavy atom. The molecule has 0 spiro atoms. The number of aryl methyl sites for hydroxylation is 1. The fraction of sp³-hybridized carbons (Fsp3) is 0.160. The summed E-state index contributed by atoms with van der Waals surface area (Å²) in [5.41, 5.74) is 0.565. The normalized spacial score (nSPS) is 12.3. The quantitative estimate of drug-likeness (QED) is 0.371. The minimum absolute atomic E-state index is 0.0628. The van der Waals surface area contributed by atoms with Crippen molar-refractivity contribution in [2.75, 3.05) is 6.61 Å². The maximum absolute atomic E-state index is 13.4. The van der Waals surface area contributed by atoms with Crippen molar-refractivity contribution in [3.8, 4) is 17.2 Å². The lowest BCUT2D eigenvalue weighted by Gasteiger charge is -2.19. The molecule has 0 aliphatic heterocycles. The van der Waals surface area contributed by atoms with Crippen LogP contribution in [0.4, 0.5) is 4.39 Å². The average Bonchev–Trinajstić information content (AvgIpc) is 3.25. The van der Waals surface area contributed by atoms with Crippen LogP contribution in [-0.4, -0.2) is 24.6 Å². The molecular weight excluding hydrogens is 457 g/mol. The van der Waals surface area contributed by atoms with Gasteiger partial charge in [-0.25, -0.2) is 17.8 Å². The van der Waals surface area contributed by atoms with Crippen molar-refractivity contribution in [3.05, 3.63) is 102 Å². The number of nitrogens with zero attached hydrogens (tertiary/aromatic N) is 2. The number of nitrogens with one attached hydrogen (secondary N) is 1. The second kappa shape index (κ2) is 10.1. The first-order valence-corrected chi connectivity index (χ1v) is 12.1. The van der Waals surface area contributed by atoms with Crippen molar-refractivity contribution in [1.82, 2.24) is 14.3 Å². The zero-order valence-electron chi connectivity index (χ0n) is 18.7. The number of rotatable bonds is 9. The van der Waals surface area contributed by atoms with Crippen molar-refractivity contribution in [1.29, 1.82) is 0 Å². The van der Waals surface area contributed by atoms with E-state index in [1.807, 2.05) is 6.92 Å². The van der Waals surface area contributed by atoms with Crippen LogP contribution in [0, 0.1) is 5.82 Å². The minimum atomic E-state index is -3.93. The van der Waals surface area contributed by atoms with E-state index in [0.717, 1.165) is 5.75 Å². The number of imidazole rings is 1. The van der Waals surface area contributed by atoms with E-state index < -0.39 is 21.9 Å². The highest BCUT2D eigenvalue weighted by Gasteiger charge is 2.26. The van der Waals surface area contributed by atoms with E-state index in [-0.39, 0.29) is 4.90 Å². The highest BCUT2D eigenvalue weighted by molar-refractivity contribution is 7.89. The topological polar surface area (TPSA) is 82.4 Å². The summed E-state index contributed by atoms with van der Waals surface area (Å²) in [4.78, 5) is 4.35. The van der Waals surface area contributed by atoms with Gasteiger partial charge >= 0.3 is 0 Å². The molecule has 0 bridgehead atoms. The molecular formula is C25H24FN3O4S. The summed E-state index contributed by atoms with van der Waals surface area (Å²) in [7, 11) is -2.17. The van der Waals surface area contributed by atoms with Crippen LogP contribution in [0.25, 0.3) is 0 Å². The van der Waals surface area contributed by atoms with Crippen LogP contribution in [0.15, 0.2) is 90.1 Å². The maximum atomic E-state index is 13.4. The Balaban J connectivity index is 1.54. The fourth-order valence-corrected chi connectivity index (χ4v) is 4.58. The van der Waals surface area contributed by atoms with Crippen LogP contribution in [0.2, 0.25) is 0 Å². The monoisotopic (exact) mass is 481 g/mol. The molecule has 7 nitrogen and oxygen atoms in total. The van der Waals surface area contributed by atoms with E-state index in [2.05, 4.69) is 9.71 Å². The standard InChI is InChI=1S/C25H24FN3O4S/c1-3-32-20-8-10-21(11-9-20)33-22-12-14-23(15-13-22)34(30,31)28-24(25-27-16-17-29(25)2)18-4-6-19(26)7-5-18/h4-17,24,28H,3H2,1-2H3. The predicted octanol–water partition coefficient (Wildman–Crippen LogP) is 4.82. The van der Waals surface area contributed by atoms with Crippen LogP contribution in [0.1, 0.15) is 24.4 Å². The molecule has 0 saturated carbocycles. The number of hydrogen-bond donors (Lipinski definition) is 1. The smallest absolute Gasteiger partial charge is 0.241 e. The van der Waals surface area contributed by atoms with Crippen LogP contribution in [-0.2, 0) is 17.1 Å². The van der Waals surface area contributed by atoms with Crippen molar-refractivity contribution < 1.29 is 22.3 Å². The Labute approximate surface area is 197 Å². The lowest BCUT2D eigenvalue weighted by molar-refractivity contribution is 0.339. The Hall–Kier alpha value is -3.69. The summed E-state index contributed by atoms with van der Waals surface area (Å²) in [6.45, 7) is 2.49. The van der Waals surface area contributed by atoms with E-state index in [0.29, 0.717) is 29.5 Å². The van der Waals surface area contributed by atoms with Crippen LogP contribution < -0.4 is 14.2 Å². The maximum Gasteiger partial charge on any atom is 0.241 e. The first-order valence-electron chi connectivity index (χ1n) is 10.6. The molecule has 1 N–H and O–H groups in total. The first kappa shape index (κ1) is 23.5. The van der Waals surface area contributed by atoms with E-state index in [1.165, 1.54) is 36.4 Å². The lowest BCUT2D eigenvalue weighted by Crippen LogP contribution is -2.31. The second-order valence-electron chi connectivity index (χ2n) is 7.48. The molecule has 0 aliphatic carbocycles. The lowest BCUT2D eigenvalue weighted by atomic mass is 10.1. The van der Waals surface area contributed by atoms with Gasteiger partial charge < -0.3 is 14.0 Å². The third-order valence-corrected chi connectivity index (χ3v) is 6.54. The molecule has 4 aromatic rings. The van der Waals surface area contributed by atoms with Gasteiger partial charge in [-0.15, -0.1) is 0 Å². The summed E-state index contributed by atoms with van der Waals surface area (Å²) < 4.78 is 55.4. The Bertz CT molecular complexity index is 1340. The average molecular weight is 482 g/mol. The number of sulfonamides is 1. The molecule has 0 fully saturated rings. The third kappa shape index (κ3) is 5.44. The molecule has 34 heavy (non-hydrogen) atoms. The SMILES string of the molecule is CCOc1ccc(Oc2ccc(S(=O)(=O)NC(c3ccc(F)cc3)c3nccn3C)cc2)cc1. The van der Waals surface area contributed by atoms with Gasteiger partial charge in [0, 0.05) is 19.4 Å². The summed E-state index contributed by atoms with van der Waals surface area (Å²) in [6.07, 6.45) is 3.29. The highest BCUT2D eigenvalue weighted by atomic mass is 32.2. The molecule has 0 radical (unpaired) electrons. The molecule has 0 aliphatic rings. The molecule has 1 aromatic heterocycles. The molecule has 9 heteroatoms. The van der Waals surface area contributed by atoms with Crippen LogP contribution in [0.5, 0.6) is 17.2 Å². The molecule has 1 unspecified atom stereocenters. The molecule has 1 heterocycles. The van der Waals surface area contributed by atoms with Gasteiger partial charge in [-0.1, -0.05) is 12.1 Å². The van der Waals surface area contributed by atoms with Gasteiger partial charge in [-0.05, 0) is 73.2 Å². The van der Waals surface area contributed by atoms with Gasteiger partial charge in [0.05, 0.1) is 11.5 Å². The molecule has 0 saturated heterocycles. The van der Waals surface area contributed by atoms with Gasteiger partial charge in [0.1, 0.15) is 34.9 Å². The second-order valence-corrected chi connectivity index (χ2v) is 9.19. The largest absolute Gasteiger partial charge is 0.494 e. The fourth-order valence-electron chi connectivity index (χ4n) is 3.40. The molecule has 3 aromatic carbocycles. The Morgan fingerprint density at radius 2 is 1.53 bits per heavy atom. The summed E-state index contributed by atoms with van der Waals surface area (Å²) >= 11 is 0. The zero-order chi connectivity index (χ0) is 24.1. The summed E-state index contributed by atoms with van der Waals surface area (Å²) in [5.74, 6) is 1.90. The van der Waals surface area contributed by atoms with Gasteiger partial charge in [0.15, 0.2) is 0 Å². The van der Waals surface area contributed by atoms with Gasteiger partial charge in [-0.2, -0.15) is 4.72 Å². The number of aromatic nitrogens is 2. The summed E-state index contributed by atoms with van der Waals surface area (Å²) in [6, 6.07) is 18.1. The third-order valence-electron chi connectivity index (χ3n) is 5.10. The van der Waals surface area contributed by atoms with E-state index in [4.69, 9.17) is 9.47 Å². The molecule has 176 valence electrons. The Morgan fingerprint density at radius 1 is 0.941 bits per heavy atom. The van der Waals surface area contributed by atoms with Crippen molar-refractivity contribution in [3.63, 3.8) is 0 Å². The van der Waals surface area contributed by atoms with E-state index in [9.17, 15) is 12.8 Å². The van der Waals surface area contributed by atoms with Crippen molar-refractivity contribution in [2.45, 2.75) is 17.9 Å². The Kier molecular flexibility index (Phi) is 6.95. The number of ether oxygens (including phenoxy) is 2. The first-order chi connectivity index (χ1) is 16.4. The van der Waals surface area contributed by atoms with E-state index >= 15 is 0 Å². The predicted molar refractivity (Wildman–Crippen MR) is 126 cm³/mol. The minimum Gasteiger partial charge on any atom is -0.494 e. The summed E-state index contributed by atoms with van der Waals surface area (Å²) in [5, 5.41) is 0. The number of hydrogen-bond acceptors (Lipinski definition) is 5. The van der Waals surface area contributed by atoms with Crippen LogP contribution in [0.3, 0.4) is 0 Å². The van der Waals surface area contributed by atoms with Crippen LogP contribution >= 0.6 is 0 Å². The molecule has 1 atom stereocenters. The molecule has 0 amide bonds. The van der Waals surface area contributed by atoms with Gasteiger partial charge in [-0.3, -0.25) is 0 Å². The van der Waals surface area contributed by atoms with E-state index in [1.54, 1.807) is 60.4 Å². The van der Waals surface area contributed by atoms with Crippen molar-refractivity contribution in [2.24, 2.45) is 7.05 Å². The van der Waals surface area contributed by atoms with Gasteiger partial charge in [0.2, 0.25) is 10.0 Å².